The topological polar surface area (TPSA) is 66.9 Å². The Morgan fingerprint density at radius 3 is 2.42 bits per heavy atom. The highest BCUT2D eigenvalue weighted by Gasteiger charge is 2.21. The van der Waals surface area contributed by atoms with Crippen LogP contribution < -0.4 is 24.6 Å². The van der Waals surface area contributed by atoms with Crippen molar-refractivity contribution < 1.29 is 14.3 Å². The van der Waals surface area contributed by atoms with Crippen molar-refractivity contribution in [1.82, 2.24) is 10.3 Å². The zero-order chi connectivity index (χ0) is 21.6. The van der Waals surface area contributed by atoms with Gasteiger partial charge >= 0.3 is 0 Å². The SMILES string of the molecule is COc1ccc(CNC(=O)c2csc(N3CCN(c4cccc(OC)c4)CC3)n2)cc1. The molecule has 8 heteroatoms. The van der Waals surface area contributed by atoms with E-state index in [0.717, 1.165) is 54.1 Å². The van der Waals surface area contributed by atoms with Gasteiger partial charge in [0.2, 0.25) is 0 Å². The zero-order valence-corrected chi connectivity index (χ0v) is 18.5. The molecule has 1 saturated heterocycles. The standard InChI is InChI=1S/C23H26N4O3S/c1-29-19-8-6-17(7-9-19)15-24-22(28)21-16-31-23(25-21)27-12-10-26(11-13-27)18-4-3-5-20(14-18)30-2/h3-9,14,16H,10-13,15H2,1-2H3,(H,24,28). The molecule has 7 nitrogen and oxygen atoms in total. The molecule has 31 heavy (non-hydrogen) atoms. The Hall–Kier alpha value is -3.26. The van der Waals surface area contributed by atoms with Crippen LogP contribution in [0.25, 0.3) is 0 Å². The molecule has 1 amide bonds. The number of rotatable bonds is 7. The molecular formula is C23H26N4O3S. The Bertz CT molecular complexity index is 1010. The van der Waals surface area contributed by atoms with Gasteiger partial charge in [-0.15, -0.1) is 11.3 Å². The maximum atomic E-state index is 12.5. The van der Waals surface area contributed by atoms with Gasteiger partial charge in [0.15, 0.2) is 5.13 Å². The minimum absolute atomic E-state index is 0.159. The fourth-order valence-electron chi connectivity index (χ4n) is 3.49. The van der Waals surface area contributed by atoms with Crippen molar-refractivity contribution in [2.45, 2.75) is 6.54 Å². The quantitative estimate of drug-likeness (QED) is 0.610. The summed E-state index contributed by atoms with van der Waals surface area (Å²) in [4.78, 5) is 21.7. The van der Waals surface area contributed by atoms with E-state index in [0.29, 0.717) is 12.2 Å². The van der Waals surface area contributed by atoms with Crippen LogP contribution in [-0.2, 0) is 6.54 Å². The van der Waals surface area contributed by atoms with Crippen LogP contribution in [0.2, 0.25) is 0 Å². The van der Waals surface area contributed by atoms with Crippen LogP contribution in [0.15, 0.2) is 53.9 Å². The number of carbonyl (C=O) groups is 1. The largest absolute Gasteiger partial charge is 0.497 e. The minimum Gasteiger partial charge on any atom is -0.497 e. The number of nitrogens with one attached hydrogen (secondary N) is 1. The van der Waals surface area contributed by atoms with Crippen molar-refractivity contribution in [3.05, 3.63) is 65.2 Å². The average Bonchev–Trinajstić information content (AvgIpc) is 3.33. The summed E-state index contributed by atoms with van der Waals surface area (Å²) in [6, 6.07) is 15.8. The van der Waals surface area contributed by atoms with Gasteiger partial charge in [-0.05, 0) is 29.8 Å². The number of amides is 1. The van der Waals surface area contributed by atoms with Crippen molar-refractivity contribution >= 4 is 28.1 Å². The lowest BCUT2D eigenvalue weighted by atomic mass is 10.2. The van der Waals surface area contributed by atoms with Crippen molar-refractivity contribution in [2.24, 2.45) is 0 Å². The number of ether oxygens (including phenoxy) is 2. The van der Waals surface area contributed by atoms with E-state index in [-0.39, 0.29) is 5.91 Å². The van der Waals surface area contributed by atoms with Crippen LogP contribution in [-0.4, -0.2) is 51.3 Å². The van der Waals surface area contributed by atoms with Gasteiger partial charge in [0.1, 0.15) is 17.2 Å². The second-order valence-electron chi connectivity index (χ2n) is 7.22. The Kier molecular flexibility index (Phi) is 6.57. The summed E-state index contributed by atoms with van der Waals surface area (Å²) in [6.07, 6.45) is 0. The van der Waals surface area contributed by atoms with Gasteiger partial charge in [-0.1, -0.05) is 18.2 Å². The minimum atomic E-state index is -0.159. The molecule has 0 radical (unpaired) electrons. The van der Waals surface area contributed by atoms with Crippen LogP contribution in [0, 0.1) is 0 Å². The molecule has 1 aromatic heterocycles. The number of hydrogen-bond donors (Lipinski definition) is 1. The molecule has 1 N–H and O–H groups in total. The molecule has 4 rings (SSSR count). The summed E-state index contributed by atoms with van der Waals surface area (Å²) in [5, 5.41) is 5.65. The number of piperazine rings is 1. The number of anilines is 2. The molecule has 0 bridgehead atoms. The maximum Gasteiger partial charge on any atom is 0.271 e. The first kappa shape index (κ1) is 21.0. The van der Waals surface area contributed by atoms with Gasteiger partial charge in [-0.2, -0.15) is 0 Å². The number of thiazole rings is 1. The van der Waals surface area contributed by atoms with Crippen molar-refractivity contribution in [3.63, 3.8) is 0 Å². The predicted molar refractivity (Wildman–Crippen MR) is 124 cm³/mol. The smallest absolute Gasteiger partial charge is 0.271 e. The predicted octanol–water partition coefficient (Wildman–Crippen LogP) is 3.42. The molecule has 1 aliphatic heterocycles. The number of hydrogen-bond acceptors (Lipinski definition) is 7. The fraction of sp³-hybridized carbons (Fsp3) is 0.304. The summed E-state index contributed by atoms with van der Waals surface area (Å²) in [5.41, 5.74) is 2.64. The highest BCUT2D eigenvalue weighted by Crippen LogP contribution is 2.26. The highest BCUT2D eigenvalue weighted by atomic mass is 32.1. The molecule has 2 heterocycles. The molecule has 162 valence electrons. The lowest BCUT2D eigenvalue weighted by molar-refractivity contribution is 0.0946. The third kappa shape index (κ3) is 5.08. The van der Waals surface area contributed by atoms with Gasteiger partial charge in [0.25, 0.3) is 5.91 Å². The Labute approximate surface area is 186 Å². The van der Waals surface area contributed by atoms with Crippen LogP contribution in [0.1, 0.15) is 16.1 Å². The number of benzene rings is 2. The summed E-state index contributed by atoms with van der Waals surface area (Å²) in [6.45, 7) is 3.96. The Morgan fingerprint density at radius 2 is 1.71 bits per heavy atom. The Balaban J connectivity index is 1.30. The number of aromatic nitrogens is 1. The second-order valence-corrected chi connectivity index (χ2v) is 8.06. The molecule has 0 unspecified atom stereocenters. The lowest BCUT2D eigenvalue weighted by Gasteiger charge is -2.36. The van der Waals surface area contributed by atoms with Crippen LogP contribution in [0.4, 0.5) is 10.8 Å². The third-order valence-corrected chi connectivity index (χ3v) is 6.21. The molecule has 0 atom stereocenters. The molecule has 2 aromatic carbocycles. The lowest BCUT2D eigenvalue weighted by Crippen LogP contribution is -2.46. The molecule has 1 fully saturated rings. The number of nitrogens with zero attached hydrogens (tertiary/aromatic N) is 3. The van der Waals surface area contributed by atoms with E-state index >= 15 is 0 Å². The van der Waals surface area contributed by atoms with Gasteiger partial charge < -0.3 is 24.6 Å². The third-order valence-electron chi connectivity index (χ3n) is 5.31. The molecule has 1 aliphatic rings. The molecule has 3 aromatic rings. The molecule has 0 aliphatic carbocycles. The first-order valence-electron chi connectivity index (χ1n) is 10.2. The van der Waals surface area contributed by atoms with E-state index in [9.17, 15) is 4.79 Å². The van der Waals surface area contributed by atoms with Gasteiger partial charge in [-0.25, -0.2) is 4.98 Å². The number of methoxy groups -OCH3 is 2. The molecule has 0 spiro atoms. The van der Waals surface area contributed by atoms with E-state index < -0.39 is 0 Å². The van der Waals surface area contributed by atoms with E-state index in [1.165, 1.54) is 11.3 Å². The summed E-state index contributed by atoms with van der Waals surface area (Å²) >= 11 is 1.51. The van der Waals surface area contributed by atoms with Gasteiger partial charge in [0, 0.05) is 49.9 Å². The van der Waals surface area contributed by atoms with E-state index in [1.54, 1.807) is 14.2 Å². The first-order valence-corrected chi connectivity index (χ1v) is 11.0. The maximum absolute atomic E-state index is 12.5. The first-order chi connectivity index (χ1) is 15.2. The van der Waals surface area contributed by atoms with E-state index in [1.807, 2.05) is 41.8 Å². The van der Waals surface area contributed by atoms with Gasteiger partial charge in [-0.3, -0.25) is 4.79 Å². The summed E-state index contributed by atoms with van der Waals surface area (Å²) in [7, 11) is 3.32. The van der Waals surface area contributed by atoms with E-state index in [4.69, 9.17) is 9.47 Å². The Morgan fingerprint density at radius 1 is 1.00 bits per heavy atom. The average molecular weight is 439 g/mol. The highest BCUT2D eigenvalue weighted by molar-refractivity contribution is 7.13. The normalized spacial score (nSPS) is 13.7. The second kappa shape index (κ2) is 9.70. The van der Waals surface area contributed by atoms with Crippen molar-refractivity contribution in [2.75, 3.05) is 50.2 Å². The van der Waals surface area contributed by atoms with Crippen LogP contribution in [0.5, 0.6) is 11.5 Å². The summed E-state index contributed by atoms with van der Waals surface area (Å²) in [5.74, 6) is 1.50. The van der Waals surface area contributed by atoms with Gasteiger partial charge in [0.05, 0.1) is 14.2 Å². The number of carbonyl (C=O) groups excluding carboxylic acids is 1. The van der Waals surface area contributed by atoms with Crippen molar-refractivity contribution in [1.29, 1.82) is 0 Å². The zero-order valence-electron chi connectivity index (χ0n) is 17.7. The van der Waals surface area contributed by atoms with Crippen molar-refractivity contribution in [3.8, 4) is 11.5 Å². The fourth-order valence-corrected chi connectivity index (χ4v) is 4.35. The monoisotopic (exact) mass is 438 g/mol. The van der Waals surface area contributed by atoms with Crippen LogP contribution >= 0.6 is 11.3 Å². The van der Waals surface area contributed by atoms with Crippen LogP contribution in [0.3, 0.4) is 0 Å². The summed E-state index contributed by atoms with van der Waals surface area (Å²) < 4.78 is 10.5. The van der Waals surface area contributed by atoms with E-state index in [2.05, 4.69) is 32.2 Å². The molecule has 0 saturated carbocycles. The molecular weight excluding hydrogens is 412 g/mol.